The number of hydrogen-bond donors (Lipinski definition) is 1. The molecular weight excluding hydrogens is 347 g/mol. The number of halogens is 2. The number of phenolic OH excluding ortho intramolecular Hbond substituents is 1. The SMILES string of the molecule is O=C(Oc1ccccc1-c1ccccc1O)c1ccc(Cl)cc1Cl. The van der Waals surface area contributed by atoms with Crippen molar-refractivity contribution in [2.45, 2.75) is 0 Å². The van der Waals surface area contributed by atoms with Gasteiger partial charge in [-0.05, 0) is 30.3 Å². The van der Waals surface area contributed by atoms with Crippen LogP contribution >= 0.6 is 23.2 Å². The van der Waals surface area contributed by atoms with Gasteiger partial charge in [-0.25, -0.2) is 4.79 Å². The van der Waals surface area contributed by atoms with Gasteiger partial charge in [0.2, 0.25) is 0 Å². The predicted octanol–water partition coefficient (Wildman–Crippen LogP) is 5.59. The quantitative estimate of drug-likeness (QED) is 0.490. The lowest BCUT2D eigenvalue weighted by Gasteiger charge is -2.12. The number of benzene rings is 3. The smallest absolute Gasteiger partial charge is 0.345 e. The Morgan fingerprint density at radius 1 is 0.875 bits per heavy atom. The molecular formula is C19H12Cl2O3. The van der Waals surface area contributed by atoms with Crippen LogP contribution in [-0.4, -0.2) is 11.1 Å². The Bertz CT molecular complexity index is 907. The maximum atomic E-state index is 12.4. The summed E-state index contributed by atoms with van der Waals surface area (Å²) in [5.74, 6) is -0.167. The normalized spacial score (nSPS) is 10.4. The van der Waals surface area contributed by atoms with Gasteiger partial charge >= 0.3 is 5.97 Å². The van der Waals surface area contributed by atoms with Crippen LogP contribution in [0.5, 0.6) is 11.5 Å². The highest BCUT2D eigenvalue weighted by Crippen LogP contribution is 2.36. The van der Waals surface area contributed by atoms with Gasteiger partial charge in [-0.3, -0.25) is 0 Å². The molecule has 0 aliphatic heterocycles. The fraction of sp³-hybridized carbons (Fsp3) is 0. The van der Waals surface area contributed by atoms with E-state index in [1.807, 2.05) is 0 Å². The van der Waals surface area contributed by atoms with Gasteiger partial charge in [0, 0.05) is 16.1 Å². The van der Waals surface area contributed by atoms with Crippen molar-refractivity contribution in [3.05, 3.63) is 82.3 Å². The summed E-state index contributed by atoms with van der Waals surface area (Å²) in [6.07, 6.45) is 0. The zero-order chi connectivity index (χ0) is 17.1. The Morgan fingerprint density at radius 3 is 2.25 bits per heavy atom. The van der Waals surface area contributed by atoms with E-state index in [0.29, 0.717) is 21.9 Å². The van der Waals surface area contributed by atoms with E-state index < -0.39 is 5.97 Å². The van der Waals surface area contributed by atoms with Gasteiger partial charge < -0.3 is 9.84 Å². The van der Waals surface area contributed by atoms with Gasteiger partial charge in [0.05, 0.1) is 10.6 Å². The van der Waals surface area contributed by atoms with E-state index in [2.05, 4.69) is 0 Å². The monoisotopic (exact) mass is 358 g/mol. The molecule has 0 saturated heterocycles. The lowest BCUT2D eigenvalue weighted by Crippen LogP contribution is -2.09. The van der Waals surface area contributed by atoms with Crippen molar-refractivity contribution in [1.29, 1.82) is 0 Å². The number of esters is 1. The van der Waals surface area contributed by atoms with E-state index in [1.54, 1.807) is 54.6 Å². The Hall–Kier alpha value is -2.49. The van der Waals surface area contributed by atoms with Crippen molar-refractivity contribution in [2.24, 2.45) is 0 Å². The van der Waals surface area contributed by atoms with Gasteiger partial charge in [-0.2, -0.15) is 0 Å². The van der Waals surface area contributed by atoms with Gasteiger partial charge in [0.25, 0.3) is 0 Å². The average Bonchev–Trinajstić information content (AvgIpc) is 2.56. The van der Waals surface area contributed by atoms with E-state index in [-0.39, 0.29) is 16.3 Å². The number of carbonyl (C=O) groups excluding carboxylic acids is 1. The molecule has 0 radical (unpaired) electrons. The zero-order valence-corrected chi connectivity index (χ0v) is 13.9. The van der Waals surface area contributed by atoms with Crippen molar-refractivity contribution in [1.82, 2.24) is 0 Å². The second-order valence-electron chi connectivity index (χ2n) is 5.03. The van der Waals surface area contributed by atoms with Crippen LogP contribution in [0.2, 0.25) is 10.0 Å². The molecule has 3 aromatic rings. The topological polar surface area (TPSA) is 46.5 Å². The first-order valence-electron chi connectivity index (χ1n) is 7.11. The summed E-state index contributed by atoms with van der Waals surface area (Å²) in [6, 6.07) is 18.4. The number of aromatic hydroxyl groups is 1. The summed E-state index contributed by atoms with van der Waals surface area (Å²) in [5, 5.41) is 10.7. The van der Waals surface area contributed by atoms with Gasteiger partial charge in [0.1, 0.15) is 11.5 Å². The molecule has 3 rings (SSSR count). The maximum absolute atomic E-state index is 12.4. The lowest BCUT2D eigenvalue weighted by molar-refractivity contribution is 0.0735. The van der Waals surface area contributed by atoms with Crippen LogP contribution in [0.15, 0.2) is 66.7 Å². The molecule has 0 saturated carbocycles. The van der Waals surface area contributed by atoms with E-state index in [4.69, 9.17) is 27.9 Å². The Balaban J connectivity index is 1.97. The summed E-state index contributed by atoms with van der Waals surface area (Å²) in [5.41, 5.74) is 1.39. The van der Waals surface area contributed by atoms with E-state index in [9.17, 15) is 9.90 Å². The van der Waals surface area contributed by atoms with Crippen LogP contribution in [0.4, 0.5) is 0 Å². The molecule has 0 aromatic heterocycles. The first kappa shape index (κ1) is 16.4. The average molecular weight is 359 g/mol. The van der Waals surface area contributed by atoms with E-state index in [1.165, 1.54) is 12.1 Å². The first-order valence-corrected chi connectivity index (χ1v) is 7.86. The molecule has 0 bridgehead atoms. The van der Waals surface area contributed by atoms with E-state index >= 15 is 0 Å². The first-order chi connectivity index (χ1) is 11.6. The van der Waals surface area contributed by atoms with E-state index in [0.717, 1.165) is 0 Å². The largest absolute Gasteiger partial charge is 0.507 e. The summed E-state index contributed by atoms with van der Waals surface area (Å²) >= 11 is 11.9. The van der Waals surface area contributed by atoms with Crippen molar-refractivity contribution in [3.8, 4) is 22.6 Å². The maximum Gasteiger partial charge on any atom is 0.345 e. The molecule has 5 heteroatoms. The number of phenols is 1. The van der Waals surface area contributed by atoms with Gasteiger partial charge in [-0.1, -0.05) is 59.6 Å². The highest BCUT2D eigenvalue weighted by atomic mass is 35.5. The fourth-order valence-electron chi connectivity index (χ4n) is 2.29. The number of rotatable bonds is 3. The molecule has 0 aliphatic rings. The highest BCUT2D eigenvalue weighted by molar-refractivity contribution is 6.36. The number of para-hydroxylation sites is 2. The third-order valence-corrected chi connectivity index (χ3v) is 3.98. The van der Waals surface area contributed by atoms with Crippen molar-refractivity contribution in [3.63, 3.8) is 0 Å². The summed E-state index contributed by atoms with van der Waals surface area (Å²) in [6.45, 7) is 0. The van der Waals surface area contributed by atoms with Crippen molar-refractivity contribution < 1.29 is 14.6 Å². The molecule has 3 nitrogen and oxygen atoms in total. The van der Waals surface area contributed by atoms with Crippen LogP contribution < -0.4 is 4.74 Å². The second kappa shape index (κ2) is 6.95. The Labute approximate surface area is 149 Å². The molecule has 1 N–H and O–H groups in total. The zero-order valence-electron chi connectivity index (χ0n) is 12.4. The molecule has 3 aromatic carbocycles. The lowest BCUT2D eigenvalue weighted by atomic mass is 10.0. The summed E-state index contributed by atoms with van der Waals surface area (Å²) in [7, 11) is 0. The van der Waals surface area contributed by atoms with Crippen molar-refractivity contribution in [2.75, 3.05) is 0 Å². The van der Waals surface area contributed by atoms with Crippen LogP contribution in [0.1, 0.15) is 10.4 Å². The molecule has 24 heavy (non-hydrogen) atoms. The molecule has 0 atom stereocenters. The third kappa shape index (κ3) is 3.37. The molecule has 0 fully saturated rings. The standard InChI is InChI=1S/C19H12Cl2O3/c20-12-9-10-15(16(21)11-12)19(23)24-18-8-4-2-6-14(18)13-5-1-3-7-17(13)22/h1-11,22H. The minimum absolute atomic E-state index is 0.102. The van der Waals surface area contributed by atoms with Crippen LogP contribution in [0.3, 0.4) is 0 Å². The minimum atomic E-state index is -0.598. The fourth-order valence-corrected chi connectivity index (χ4v) is 2.78. The minimum Gasteiger partial charge on any atom is -0.507 e. The number of carbonyl (C=O) groups is 1. The Kier molecular flexibility index (Phi) is 4.74. The molecule has 0 aliphatic carbocycles. The predicted molar refractivity (Wildman–Crippen MR) is 95.0 cm³/mol. The van der Waals surface area contributed by atoms with Crippen molar-refractivity contribution >= 4 is 29.2 Å². The van der Waals surface area contributed by atoms with Gasteiger partial charge in [-0.15, -0.1) is 0 Å². The summed E-state index contributed by atoms with van der Waals surface area (Å²) in [4.78, 5) is 12.4. The molecule has 0 heterocycles. The Morgan fingerprint density at radius 2 is 1.54 bits per heavy atom. The van der Waals surface area contributed by atoms with Crippen LogP contribution in [0, 0.1) is 0 Å². The summed E-state index contributed by atoms with van der Waals surface area (Å²) < 4.78 is 5.48. The number of hydrogen-bond acceptors (Lipinski definition) is 3. The molecule has 0 unspecified atom stereocenters. The highest BCUT2D eigenvalue weighted by Gasteiger charge is 2.16. The number of ether oxygens (including phenoxy) is 1. The van der Waals surface area contributed by atoms with Crippen LogP contribution in [-0.2, 0) is 0 Å². The molecule has 0 amide bonds. The molecule has 120 valence electrons. The second-order valence-corrected chi connectivity index (χ2v) is 5.87. The van der Waals surface area contributed by atoms with Gasteiger partial charge in [0.15, 0.2) is 0 Å². The molecule has 0 spiro atoms. The third-order valence-electron chi connectivity index (χ3n) is 3.43. The van der Waals surface area contributed by atoms with Crippen LogP contribution in [0.25, 0.3) is 11.1 Å².